The highest BCUT2D eigenvalue weighted by atomic mass is 32.1. The van der Waals surface area contributed by atoms with E-state index in [1.807, 2.05) is 6.07 Å². The number of rotatable bonds is 7. The average Bonchev–Trinajstić information content (AvgIpc) is 2.70. The van der Waals surface area contributed by atoms with Gasteiger partial charge in [0, 0.05) is 17.8 Å². The molecule has 0 aliphatic rings. The van der Waals surface area contributed by atoms with Gasteiger partial charge in [-0.3, -0.25) is 4.79 Å². The lowest BCUT2D eigenvalue weighted by Gasteiger charge is -2.06. The van der Waals surface area contributed by atoms with E-state index in [4.69, 9.17) is 5.11 Å². The van der Waals surface area contributed by atoms with Crippen molar-refractivity contribution < 1.29 is 9.90 Å². The third-order valence-corrected chi connectivity index (χ3v) is 3.23. The Morgan fingerprint density at radius 1 is 1.62 bits per heavy atom. The van der Waals surface area contributed by atoms with Crippen molar-refractivity contribution in [1.29, 1.82) is 0 Å². The monoisotopic (exact) mass is 241 g/mol. The van der Waals surface area contributed by atoms with Crippen LogP contribution < -0.4 is 5.32 Å². The van der Waals surface area contributed by atoms with Crippen molar-refractivity contribution in [2.24, 2.45) is 0 Å². The molecular formula is C12H19NO2S. The van der Waals surface area contributed by atoms with Crippen LogP contribution in [0.25, 0.3) is 0 Å². The normalized spacial score (nSPS) is 12.4. The maximum Gasteiger partial charge on any atom is 0.220 e. The summed E-state index contributed by atoms with van der Waals surface area (Å²) in [5.41, 5.74) is 0. The Kier molecular flexibility index (Phi) is 6.11. The van der Waals surface area contributed by atoms with Crippen LogP contribution in [0.1, 0.15) is 31.1 Å². The maximum absolute atomic E-state index is 11.4. The van der Waals surface area contributed by atoms with Crippen molar-refractivity contribution in [1.82, 2.24) is 5.32 Å². The minimum absolute atomic E-state index is 0.0807. The summed E-state index contributed by atoms with van der Waals surface area (Å²) in [6.45, 7) is 2.29. The Morgan fingerprint density at radius 3 is 3.06 bits per heavy atom. The van der Waals surface area contributed by atoms with Gasteiger partial charge in [-0.15, -0.1) is 11.3 Å². The van der Waals surface area contributed by atoms with Gasteiger partial charge in [-0.05, 0) is 37.6 Å². The number of hydrogen-bond acceptors (Lipinski definition) is 3. The molecule has 0 aliphatic heterocycles. The van der Waals surface area contributed by atoms with E-state index in [0.29, 0.717) is 19.4 Å². The highest BCUT2D eigenvalue weighted by molar-refractivity contribution is 7.09. The van der Waals surface area contributed by atoms with Crippen molar-refractivity contribution in [2.45, 2.75) is 38.7 Å². The molecule has 1 rings (SSSR count). The van der Waals surface area contributed by atoms with E-state index in [1.54, 1.807) is 18.3 Å². The first kappa shape index (κ1) is 13.2. The predicted octanol–water partition coefficient (Wildman–Crippen LogP) is 1.96. The molecule has 90 valence electrons. The molecule has 16 heavy (non-hydrogen) atoms. The molecule has 0 aromatic carbocycles. The highest BCUT2D eigenvalue weighted by Crippen LogP contribution is 2.11. The minimum atomic E-state index is -0.341. The third-order valence-electron chi connectivity index (χ3n) is 2.29. The molecule has 0 radical (unpaired) electrons. The van der Waals surface area contributed by atoms with E-state index < -0.39 is 0 Å². The summed E-state index contributed by atoms with van der Waals surface area (Å²) < 4.78 is 0. The molecule has 1 atom stereocenters. The number of nitrogens with one attached hydrogen (secondary N) is 1. The number of carbonyl (C=O) groups excluding carboxylic acids is 1. The summed E-state index contributed by atoms with van der Waals surface area (Å²) in [4.78, 5) is 12.7. The number of aliphatic hydroxyl groups is 1. The zero-order valence-electron chi connectivity index (χ0n) is 9.61. The van der Waals surface area contributed by atoms with E-state index in [0.717, 1.165) is 12.8 Å². The zero-order valence-corrected chi connectivity index (χ0v) is 10.4. The van der Waals surface area contributed by atoms with Crippen LogP contribution in [-0.4, -0.2) is 23.7 Å². The average molecular weight is 241 g/mol. The predicted molar refractivity (Wildman–Crippen MR) is 66.6 cm³/mol. The number of aryl methyl sites for hydroxylation is 1. The number of aliphatic hydroxyl groups excluding tert-OH is 1. The van der Waals surface area contributed by atoms with Gasteiger partial charge in [0.2, 0.25) is 5.91 Å². The lowest BCUT2D eigenvalue weighted by Crippen LogP contribution is -2.26. The van der Waals surface area contributed by atoms with E-state index in [-0.39, 0.29) is 12.0 Å². The topological polar surface area (TPSA) is 49.3 Å². The molecule has 0 saturated heterocycles. The maximum atomic E-state index is 11.4. The molecule has 0 saturated carbocycles. The summed E-state index contributed by atoms with van der Waals surface area (Å²) in [6, 6.07) is 4.12. The Labute approximate surface area is 100 Å². The molecule has 0 aliphatic carbocycles. The van der Waals surface area contributed by atoms with Gasteiger partial charge in [0.05, 0.1) is 6.10 Å². The van der Waals surface area contributed by atoms with E-state index in [2.05, 4.69) is 16.8 Å². The van der Waals surface area contributed by atoms with Gasteiger partial charge in [-0.1, -0.05) is 6.07 Å². The zero-order chi connectivity index (χ0) is 11.8. The van der Waals surface area contributed by atoms with Crippen molar-refractivity contribution >= 4 is 17.2 Å². The molecule has 4 heteroatoms. The molecule has 0 fully saturated rings. The number of thiophene rings is 1. The molecule has 1 aromatic rings. The SMILES string of the molecule is CC(O)CCNC(=O)CCCc1cccs1. The van der Waals surface area contributed by atoms with Crippen LogP contribution in [0.2, 0.25) is 0 Å². The van der Waals surface area contributed by atoms with Crippen LogP contribution in [0.4, 0.5) is 0 Å². The standard InChI is InChI=1S/C12H19NO2S/c1-10(14)7-8-13-12(15)6-2-4-11-5-3-9-16-11/h3,5,9-10,14H,2,4,6-8H2,1H3,(H,13,15). The van der Waals surface area contributed by atoms with Gasteiger partial charge in [0.15, 0.2) is 0 Å². The van der Waals surface area contributed by atoms with Gasteiger partial charge >= 0.3 is 0 Å². The summed E-state index contributed by atoms with van der Waals surface area (Å²) in [7, 11) is 0. The number of amides is 1. The van der Waals surface area contributed by atoms with Gasteiger partial charge in [-0.25, -0.2) is 0 Å². The smallest absolute Gasteiger partial charge is 0.220 e. The van der Waals surface area contributed by atoms with Crippen LogP contribution in [0.5, 0.6) is 0 Å². The van der Waals surface area contributed by atoms with Crippen molar-refractivity contribution in [2.75, 3.05) is 6.54 Å². The van der Waals surface area contributed by atoms with Crippen LogP contribution >= 0.6 is 11.3 Å². The van der Waals surface area contributed by atoms with Crippen LogP contribution in [0.3, 0.4) is 0 Å². The second-order valence-corrected chi connectivity index (χ2v) is 4.95. The first-order valence-corrected chi connectivity index (χ1v) is 6.53. The van der Waals surface area contributed by atoms with Crippen LogP contribution in [0.15, 0.2) is 17.5 Å². The summed E-state index contributed by atoms with van der Waals surface area (Å²) in [6.07, 6.45) is 2.71. The van der Waals surface area contributed by atoms with Crippen LogP contribution in [-0.2, 0) is 11.2 Å². The summed E-state index contributed by atoms with van der Waals surface area (Å²) in [5, 5.41) is 13.9. The lowest BCUT2D eigenvalue weighted by molar-refractivity contribution is -0.121. The molecule has 0 spiro atoms. The molecule has 1 unspecified atom stereocenters. The Hall–Kier alpha value is -0.870. The first-order chi connectivity index (χ1) is 7.68. The minimum Gasteiger partial charge on any atom is -0.393 e. The van der Waals surface area contributed by atoms with E-state index >= 15 is 0 Å². The molecular weight excluding hydrogens is 222 g/mol. The van der Waals surface area contributed by atoms with Crippen molar-refractivity contribution in [3.63, 3.8) is 0 Å². The molecule has 1 heterocycles. The highest BCUT2D eigenvalue weighted by Gasteiger charge is 2.02. The molecule has 2 N–H and O–H groups in total. The molecule has 3 nitrogen and oxygen atoms in total. The second-order valence-electron chi connectivity index (χ2n) is 3.92. The van der Waals surface area contributed by atoms with E-state index in [1.165, 1.54) is 4.88 Å². The first-order valence-electron chi connectivity index (χ1n) is 5.65. The van der Waals surface area contributed by atoms with Gasteiger partial charge in [0.25, 0.3) is 0 Å². The second kappa shape index (κ2) is 7.41. The van der Waals surface area contributed by atoms with Gasteiger partial charge in [-0.2, -0.15) is 0 Å². The van der Waals surface area contributed by atoms with Crippen molar-refractivity contribution in [3.05, 3.63) is 22.4 Å². The summed E-state index contributed by atoms with van der Waals surface area (Å²) in [5.74, 6) is 0.0807. The molecule has 1 amide bonds. The lowest BCUT2D eigenvalue weighted by atomic mass is 10.2. The quantitative estimate of drug-likeness (QED) is 0.766. The number of carbonyl (C=O) groups is 1. The number of hydrogen-bond donors (Lipinski definition) is 2. The largest absolute Gasteiger partial charge is 0.393 e. The Balaban J connectivity index is 2.02. The van der Waals surface area contributed by atoms with Gasteiger partial charge in [0.1, 0.15) is 0 Å². The fraction of sp³-hybridized carbons (Fsp3) is 0.583. The Bertz CT molecular complexity index is 296. The Morgan fingerprint density at radius 2 is 2.44 bits per heavy atom. The van der Waals surface area contributed by atoms with Crippen molar-refractivity contribution in [3.8, 4) is 0 Å². The van der Waals surface area contributed by atoms with Crippen LogP contribution in [0, 0.1) is 0 Å². The summed E-state index contributed by atoms with van der Waals surface area (Å²) >= 11 is 1.73. The van der Waals surface area contributed by atoms with Gasteiger partial charge < -0.3 is 10.4 Å². The molecule has 0 bridgehead atoms. The molecule has 1 aromatic heterocycles. The van der Waals surface area contributed by atoms with E-state index in [9.17, 15) is 4.79 Å². The fourth-order valence-electron chi connectivity index (χ4n) is 1.39. The fourth-order valence-corrected chi connectivity index (χ4v) is 2.14. The third kappa shape index (κ3) is 5.88.